The standard InChI is InChI=1S/C12H7F3N4O3S/c13-12(14,15)10-17-18-11(23-10)16-9(20)6-3-7-1-4-8(5-2-7)19(21)22/h1-6H,(H,16,18,20)/b6-3+. The monoisotopic (exact) mass is 344 g/mol. The third kappa shape index (κ3) is 4.57. The van der Waals surface area contributed by atoms with Crippen molar-refractivity contribution in [2.45, 2.75) is 6.18 Å². The van der Waals surface area contributed by atoms with Gasteiger partial charge in [0.25, 0.3) is 5.69 Å². The van der Waals surface area contributed by atoms with E-state index >= 15 is 0 Å². The smallest absolute Gasteiger partial charge is 0.297 e. The summed E-state index contributed by atoms with van der Waals surface area (Å²) >= 11 is 0.207. The van der Waals surface area contributed by atoms with E-state index < -0.39 is 22.0 Å². The molecule has 0 aliphatic rings. The van der Waals surface area contributed by atoms with Gasteiger partial charge in [-0.1, -0.05) is 11.3 Å². The average molecular weight is 344 g/mol. The molecule has 1 amide bonds. The minimum Gasteiger partial charge on any atom is -0.297 e. The summed E-state index contributed by atoms with van der Waals surface area (Å²) in [5.41, 5.74) is 0.416. The summed E-state index contributed by atoms with van der Waals surface area (Å²) in [6.45, 7) is 0. The molecule has 2 aromatic rings. The number of rotatable bonds is 4. The highest BCUT2D eigenvalue weighted by atomic mass is 32.1. The van der Waals surface area contributed by atoms with Gasteiger partial charge < -0.3 is 0 Å². The fraction of sp³-hybridized carbons (Fsp3) is 0.0833. The highest BCUT2D eigenvalue weighted by molar-refractivity contribution is 7.15. The molecule has 0 radical (unpaired) electrons. The fourth-order valence-corrected chi connectivity index (χ4v) is 2.03. The second kappa shape index (κ2) is 6.52. The lowest BCUT2D eigenvalue weighted by molar-refractivity contribution is -0.384. The number of hydrogen-bond acceptors (Lipinski definition) is 6. The molecule has 0 spiro atoms. The Balaban J connectivity index is 1.99. The van der Waals surface area contributed by atoms with Crippen molar-refractivity contribution in [3.8, 4) is 0 Å². The molecule has 7 nitrogen and oxygen atoms in total. The molecule has 0 saturated carbocycles. The van der Waals surface area contributed by atoms with Crippen molar-refractivity contribution in [3.05, 3.63) is 51.0 Å². The van der Waals surface area contributed by atoms with Crippen molar-refractivity contribution in [1.82, 2.24) is 10.2 Å². The van der Waals surface area contributed by atoms with Crippen LogP contribution in [-0.4, -0.2) is 21.0 Å². The van der Waals surface area contributed by atoms with Crippen LogP contribution in [0, 0.1) is 10.1 Å². The summed E-state index contributed by atoms with van der Waals surface area (Å²) in [6, 6.07) is 5.37. The number of non-ortho nitro benzene ring substituents is 1. The average Bonchev–Trinajstić information content (AvgIpc) is 2.94. The molecule has 0 atom stereocenters. The number of nitrogens with one attached hydrogen (secondary N) is 1. The van der Waals surface area contributed by atoms with Crippen molar-refractivity contribution < 1.29 is 22.9 Å². The number of nitro groups is 1. The molecule has 0 aliphatic heterocycles. The number of aromatic nitrogens is 2. The van der Waals surface area contributed by atoms with Crippen LogP contribution in [0.2, 0.25) is 0 Å². The number of carbonyl (C=O) groups excluding carboxylic acids is 1. The Kier molecular flexibility index (Phi) is 4.69. The third-order valence-corrected chi connectivity index (χ3v) is 3.31. The number of hydrogen-bond donors (Lipinski definition) is 1. The van der Waals surface area contributed by atoms with E-state index in [4.69, 9.17) is 0 Å². The molecule has 0 aliphatic carbocycles. The summed E-state index contributed by atoms with van der Waals surface area (Å²) in [5, 5.41) is 17.3. The van der Waals surface area contributed by atoms with Gasteiger partial charge in [0.15, 0.2) is 0 Å². The molecule has 23 heavy (non-hydrogen) atoms. The van der Waals surface area contributed by atoms with Gasteiger partial charge >= 0.3 is 6.18 Å². The molecule has 11 heteroatoms. The first kappa shape index (κ1) is 16.5. The van der Waals surface area contributed by atoms with Crippen molar-refractivity contribution in [2.75, 3.05) is 5.32 Å². The maximum Gasteiger partial charge on any atom is 0.445 e. The van der Waals surface area contributed by atoms with Crippen LogP contribution in [0.15, 0.2) is 30.3 Å². The molecular formula is C12H7F3N4O3S. The van der Waals surface area contributed by atoms with Crippen LogP contribution in [0.5, 0.6) is 0 Å². The lowest BCUT2D eigenvalue weighted by Crippen LogP contribution is -2.07. The van der Waals surface area contributed by atoms with E-state index in [1.807, 2.05) is 0 Å². The summed E-state index contributed by atoms with van der Waals surface area (Å²) in [6.07, 6.45) is -2.20. The Morgan fingerprint density at radius 1 is 1.26 bits per heavy atom. The Morgan fingerprint density at radius 3 is 2.43 bits per heavy atom. The topological polar surface area (TPSA) is 98.0 Å². The van der Waals surface area contributed by atoms with Crippen LogP contribution in [0.3, 0.4) is 0 Å². The van der Waals surface area contributed by atoms with Crippen LogP contribution in [-0.2, 0) is 11.0 Å². The maximum absolute atomic E-state index is 12.3. The molecule has 1 N–H and O–H groups in total. The Labute approximate surface area is 130 Å². The Bertz CT molecular complexity index is 756. The van der Waals surface area contributed by atoms with Crippen LogP contribution >= 0.6 is 11.3 Å². The van der Waals surface area contributed by atoms with Gasteiger partial charge in [0.05, 0.1) is 4.92 Å². The Hall–Kier alpha value is -2.82. The first-order valence-corrected chi connectivity index (χ1v) is 6.71. The minimum absolute atomic E-state index is 0.0971. The number of carbonyl (C=O) groups is 1. The number of amides is 1. The Morgan fingerprint density at radius 2 is 1.91 bits per heavy atom. The van der Waals surface area contributed by atoms with Gasteiger partial charge in [-0.15, -0.1) is 10.2 Å². The summed E-state index contributed by atoms with van der Waals surface area (Å²) in [5.74, 6) is -0.701. The summed E-state index contributed by atoms with van der Waals surface area (Å²) in [4.78, 5) is 21.5. The van der Waals surface area contributed by atoms with E-state index in [2.05, 4.69) is 15.5 Å². The van der Waals surface area contributed by atoms with E-state index in [-0.39, 0.29) is 22.2 Å². The number of halogens is 3. The van der Waals surface area contributed by atoms with Gasteiger partial charge in [-0.3, -0.25) is 20.2 Å². The summed E-state index contributed by atoms with van der Waals surface area (Å²) < 4.78 is 37.0. The first-order chi connectivity index (χ1) is 10.8. The van der Waals surface area contributed by atoms with E-state index in [0.29, 0.717) is 5.56 Å². The zero-order valence-corrected chi connectivity index (χ0v) is 11.9. The zero-order valence-electron chi connectivity index (χ0n) is 11.1. The van der Waals surface area contributed by atoms with Gasteiger partial charge in [0.2, 0.25) is 16.0 Å². The zero-order chi connectivity index (χ0) is 17.0. The van der Waals surface area contributed by atoms with Gasteiger partial charge in [-0.05, 0) is 23.8 Å². The first-order valence-electron chi connectivity index (χ1n) is 5.90. The molecule has 1 heterocycles. The van der Waals surface area contributed by atoms with E-state index in [0.717, 1.165) is 6.08 Å². The predicted molar refractivity (Wildman–Crippen MR) is 75.7 cm³/mol. The number of benzene rings is 1. The van der Waals surface area contributed by atoms with Crippen molar-refractivity contribution >= 4 is 34.1 Å². The maximum atomic E-state index is 12.3. The highest BCUT2D eigenvalue weighted by Crippen LogP contribution is 2.32. The van der Waals surface area contributed by atoms with Gasteiger partial charge in [0.1, 0.15) is 0 Å². The molecule has 1 aromatic carbocycles. The second-order valence-corrected chi connectivity index (χ2v) is 5.06. The molecule has 0 fully saturated rings. The molecule has 2 rings (SSSR count). The van der Waals surface area contributed by atoms with E-state index in [1.165, 1.54) is 30.3 Å². The molecule has 0 saturated heterocycles. The fourth-order valence-electron chi connectivity index (χ4n) is 1.41. The van der Waals surface area contributed by atoms with Crippen LogP contribution in [0.1, 0.15) is 10.6 Å². The van der Waals surface area contributed by atoms with Gasteiger partial charge in [-0.25, -0.2) is 0 Å². The number of anilines is 1. The number of alkyl halides is 3. The molecule has 0 unspecified atom stereocenters. The predicted octanol–water partition coefficient (Wildman–Crippen LogP) is 3.12. The lowest BCUT2D eigenvalue weighted by Gasteiger charge is -1.98. The van der Waals surface area contributed by atoms with Crippen molar-refractivity contribution in [2.24, 2.45) is 0 Å². The van der Waals surface area contributed by atoms with Crippen LogP contribution < -0.4 is 5.32 Å². The normalized spacial score (nSPS) is 11.6. The van der Waals surface area contributed by atoms with Gasteiger partial charge in [-0.2, -0.15) is 13.2 Å². The molecule has 120 valence electrons. The third-order valence-electron chi connectivity index (χ3n) is 2.43. The highest BCUT2D eigenvalue weighted by Gasteiger charge is 2.35. The second-order valence-electron chi connectivity index (χ2n) is 4.08. The largest absolute Gasteiger partial charge is 0.445 e. The molecule has 0 bridgehead atoms. The number of nitro benzene ring substituents is 1. The van der Waals surface area contributed by atoms with E-state index in [9.17, 15) is 28.1 Å². The van der Waals surface area contributed by atoms with E-state index in [1.54, 1.807) is 0 Å². The van der Waals surface area contributed by atoms with Gasteiger partial charge in [0, 0.05) is 18.2 Å². The van der Waals surface area contributed by atoms with Crippen LogP contribution in [0.25, 0.3) is 6.08 Å². The SMILES string of the molecule is O=C(/C=C/c1ccc([N+](=O)[O-])cc1)Nc1nnc(C(F)(F)F)s1. The van der Waals surface area contributed by atoms with Crippen molar-refractivity contribution in [1.29, 1.82) is 0 Å². The number of nitrogens with zero attached hydrogens (tertiary/aromatic N) is 3. The molecule has 1 aromatic heterocycles. The minimum atomic E-state index is -4.62. The summed E-state index contributed by atoms with van der Waals surface area (Å²) in [7, 11) is 0. The molecular weight excluding hydrogens is 337 g/mol. The van der Waals surface area contributed by atoms with Crippen LogP contribution in [0.4, 0.5) is 24.0 Å². The quantitative estimate of drug-likeness (QED) is 0.522. The lowest BCUT2D eigenvalue weighted by atomic mass is 10.2. The van der Waals surface area contributed by atoms with Crippen molar-refractivity contribution in [3.63, 3.8) is 0 Å².